The van der Waals surface area contributed by atoms with Crippen LogP contribution in [-0.2, 0) is 4.79 Å². The maximum absolute atomic E-state index is 13.4. The Hall–Kier alpha value is -0.570. The molecule has 3 heteroatoms. The van der Waals surface area contributed by atoms with Gasteiger partial charge in [0.15, 0.2) is 0 Å². The summed E-state index contributed by atoms with van der Waals surface area (Å²) in [4.78, 5) is 15.4. The summed E-state index contributed by atoms with van der Waals surface area (Å²) < 4.78 is 0. The Morgan fingerprint density at radius 3 is 2.00 bits per heavy atom. The first-order chi connectivity index (χ1) is 11.8. The summed E-state index contributed by atoms with van der Waals surface area (Å²) in [5.74, 6) is 0.368. The fourth-order valence-electron chi connectivity index (χ4n) is 6.83. The zero-order chi connectivity index (χ0) is 19.5. The normalized spacial score (nSPS) is 43.9. The number of hydrogen-bond acceptors (Lipinski definition) is 2. The third-order valence-corrected chi connectivity index (χ3v) is 8.86. The molecule has 0 radical (unpaired) electrons. The number of fused-ring (bicyclic) bond motifs is 1. The quantitative estimate of drug-likeness (QED) is 0.711. The van der Waals surface area contributed by atoms with Crippen LogP contribution >= 0.6 is 0 Å². The molecule has 3 fully saturated rings. The Balaban J connectivity index is 1.82. The monoisotopic (exact) mass is 363 g/mol. The molecule has 1 amide bonds. The first kappa shape index (κ1) is 20.2. The van der Waals surface area contributed by atoms with Crippen LogP contribution in [0.2, 0.25) is 0 Å². The first-order valence-corrected chi connectivity index (χ1v) is 10.8. The highest BCUT2D eigenvalue weighted by molar-refractivity contribution is 5.84. The molecule has 2 aliphatic heterocycles. The topological polar surface area (TPSA) is 40.5 Å². The SMILES string of the molecule is CC1(C2C(=O)N3CC[C@@H](O)C3C2(C)C)CCCC(C)(C(C)(C)C)CCC1. The molecule has 150 valence electrons. The molecule has 1 aliphatic carbocycles. The largest absolute Gasteiger partial charge is 0.391 e. The van der Waals surface area contributed by atoms with Gasteiger partial charge in [0.25, 0.3) is 0 Å². The lowest BCUT2D eigenvalue weighted by Crippen LogP contribution is -2.45. The predicted octanol–water partition coefficient (Wildman–Crippen LogP) is 5.02. The van der Waals surface area contributed by atoms with Gasteiger partial charge in [-0.05, 0) is 53.8 Å². The van der Waals surface area contributed by atoms with Crippen LogP contribution in [0.25, 0.3) is 0 Å². The van der Waals surface area contributed by atoms with Crippen LogP contribution in [0.5, 0.6) is 0 Å². The summed E-state index contributed by atoms with van der Waals surface area (Å²) in [6.07, 6.45) is 7.58. The van der Waals surface area contributed by atoms with E-state index < -0.39 is 0 Å². The van der Waals surface area contributed by atoms with Crippen molar-refractivity contribution in [3.63, 3.8) is 0 Å². The molecular formula is C23H41NO2. The molecule has 0 aromatic rings. The molecule has 0 spiro atoms. The summed E-state index contributed by atoms with van der Waals surface area (Å²) >= 11 is 0. The molecule has 2 saturated heterocycles. The lowest BCUT2D eigenvalue weighted by atomic mass is 9.55. The number of aliphatic hydroxyl groups is 1. The molecule has 3 aliphatic rings. The average Bonchev–Trinajstić information content (AvgIpc) is 2.95. The molecule has 0 aromatic carbocycles. The van der Waals surface area contributed by atoms with E-state index in [1.165, 1.54) is 25.7 Å². The fourth-order valence-corrected chi connectivity index (χ4v) is 6.83. The van der Waals surface area contributed by atoms with Gasteiger partial charge in [0.05, 0.1) is 18.1 Å². The van der Waals surface area contributed by atoms with E-state index in [1.807, 2.05) is 4.90 Å². The Bertz CT molecular complexity index is 549. The molecule has 1 saturated carbocycles. The summed E-state index contributed by atoms with van der Waals surface area (Å²) in [6, 6.07) is 0.0158. The van der Waals surface area contributed by atoms with E-state index in [-0.39, 0.29) is 28.9 Å². The van der Waals surface area contributed by atoms with Crippen LogP contribution in [0, 0.1) is 27.6 Å². The van der Waals surface area contributed by atoms with E-state index in [4.69, 9.17) is 0 Å². The van der Waals surface area contributed by atoms with E-state index in [0.29, 0.717) is 16.7 Å². The molecule has 26 heavy (non-hydrogen) atoms. The number of nitrogens with zero attached hydrogens (tertiary/aromatic N) is 1. The lowest BCUT2D eigenvalue weighted by molar-refractivity contribution is -0.136. The molecule has 2 unspecified atom stereocenters. The third kappa shape index (κ3) is 2.93. The van der Waals surface area contributed by atoms with E-state index in [1.54, 1.807) is 0 Å². The maximum Gasteiger partial charge on any atom is 0.227 e. The number of carbonyl (C=O) groups is 1. The zero-order valence-electron chi connectivity index (χ0n) is 18.2. The fraction of sp³-hybridized carbons (Fsp3) is 0.957. The van der Waals surface area contributed by atoms with Crippen molar-refractivity contribution in [3.05, 3.63) is 0 Å². The van der Waals surface area contributed by atoms with Crippen molar-refractivity contribution >= 4 is 5.91 Å². The average molecular weight is 364 g/mol. The number of rotatable bonds is 1. The summed E-state index contributed by atoms with van der Waals surface area (Å²) in [6.45, 7) is 17.2. The molecule has 1 N–H and O–H groups in total. The first-order valence-electron chi connectivity index (χ1n) is 10.8. The summed E-state index contributed by atoms with van der Waals surface area (Å²) in [5, 5.41) is 10.5. The summed E-state index contributed by atoms with van der Waals surface area (Å²) in [7, 11) is 0. The maximum atomic E-state index is 13.4. The van der Waals surface area contributed by atoms with Gasteiger partial charge in [-0.2, -0.15) is 0 Å². The van der Waals surface area contributed by atoms with Crippen LogP contribution in [-0.4, -0.2) is 34.6 Å². The third-order valence-electron chi connectivity index (χ3n) is 8.86. The van der Waals surface area contributed by atoms with Crippen LogP contribution in [0.1, 0.15) is 93.4 Å². The van der Waals surface area contributed by atoms with Gasteiger partial charge in [0.1, 0.15) is 0 Å². The van der Waals surface area contributed by atoms with Crippen molar-refractivity contribution in [3.8, 4) is 0 Å². The molecular weight excluding hydrogens is 322 g/mol. The highest BCUT2D eigenvalue weighted by Crippen LogP contribution is 2.58. The van der Waals surface area contributed by atoms with Crippen molar-refractivity contribution in [1.29, 1.82) is 0 Å². The van der Waals surface area contributed by atoms with Gasteiger partial charge in [0, 0.05) is 6.54 Å². The van der Waals surface area contributed by atoms with Crippen molar-refractivity contribution in [2.24, 2.45) is 27.6 Å². The van der Waals surface area contributed by atoms with Gasteiger partial charge in [-0.15, -0.1) is 0 Å². The van der Waals surface area contributed by atoms with E-state index in [0.717, 1.165) is 25.8 Å². The van der Waals surface area contributed by atoms with Crippen LogP contribution < -0.4 is 0 Å². The van der Waals surface area contributed by atoms with Gasteiger partial charge in [0.2, 0.25) is 5.91 Å². The van der Waals surface area contributed by atoms with E-state index >= 15 is 0 Å². The van der Waals surface area contributed by atoms with Crippen molar-refractivity contribution in [2.45, 2.75) is 106 Å². The second kappa shape index (κ2) is 6.22. The second-order valence-corrected chi connectivity index (χ2v) is 11.8. The van der Waals surface area contributed by atoms with Crippen molar-refractivity contribution in [2.75, 3.05) is 6.54 Å². The molecule has 3 nitrogen and oxygen atoms in total. The van der Waals surface area contributed by atoms with E-state index in [9.17, 15) is 9.90 Å². The van der Waals surface area contributed by atoms with Gasteiger partial charge in [-0.25, -0.2) is 0 Å². The zero-order valence-corrected chi connectivity index (χ0v) is 18.2. The number of hydrogen-bond donors (Lipinski definition) is 1. The number of aliphatic hydroxyl groups excluding tert-OH is 1. The standard InChI is InChI=1S/C23H41NO2/c1-20(2,3)23(7)13-8-11-22(6,12-9-14-23)17-19(26)24-15-10-16(25)18(24)21(17,4)5/h16-18,25H,8-15H2,1-7H3/t16-,17?,18?,22?,23?/m1/s1. The van der Waals surface area contributed by atoms with Crippen molar-refractivity contribution < 1.29 is 9.90 Å². The van der Waals surface area contributed by atoms with Crippen LogP contribution in [0.3, 0.4) is 0 Å². The van der Waals surface area contributed by atoms with Gasteiger partial charge < -0.3 is 10.0 Å². The number of amides is 1. The Kier molecular flexibility index (Phi) is 4.83. The van der Waals surface area contributed by atoms with E-state index in [2.05, 4.69) is 48.5 Å². The number of carbonyl (C=O) groups excluding carboxylic acids is 1. The highest BCUT2D eigenvalue weighted by atomic mass is 16.3. The van der Waals surface area contributed by atoms with Gasteiger partial charge in [-0.3, -0.25) is 4.79 Å². The lowest BCUT2D eigenvalue weighted by Gasteiger charge is -2.48. The highest BCUT2D eigenvalue weighted by Gasteiger charge is 2.63. The Morgan fingerprint density at radius 2 is 1.54 bits per heavy atom. The van der Waals surface area contributed by atoms with Crippen molar-refractivity contribution in [1.82, 2.24) is 4.90 Å². The minimum absolute atomic E-state index is 0.0158. The Morgan fingerprint density at radius 1 is 1.00 bits per heavy atom. The predicted molar refractivity (Wildman–Crippen MR) is 107 cm³/mol. The second-order valence-electron chi connectivity index (χ2n) is 11.8. The molecule has 0 aromatic heterocycles. The molecule has 3 rings (SSSR count). The van der Waals surface area contributed by atoms with Crippen LogP contribution in [0.4, 0.5) is 0 Å². The minimum atomic E-state index is -0.347. The smallest absolute Gasteiger partial charge is 0.227 e. The summed E-state index contributed by atoms with van der Waals surface area (Å²) in [5.41, 5.74) is 0.633. The minimum Gasteiger partial charge on any atom is -0.391 e. The molecule has 3 atom stereocenters. The Labute approximate surface area is 160 Å². The van der Waals surface area contributed by atoms with Gasteiger partial charge >= 0.3 is 0 Å². The molecule has 2 heterocycles. The van der Waals surface area contributed by atoms with Crippen LogP contribution in [0.15, 0.2) is 0 Å². The van der Waals surface area contributed by atoms with Gasteiger partial charge in [-0.1, -0.05) is 61.3 Å². The molecule has 0 bridgehead atoms.